The monoisotopic (exact) mass is 240 g/mol. The molecule has 3 heteroatoms. The molecule has 0 saturated heterocycles. The van der Waals surface area contributed by atoms with Gasteiger partial charge in [-0.2, -0.15) is 4.73 Å². The third-order valence-corrected chi connectivity index (χ3v) is 2.71. The molecule has 0 aliphatic carbocycles. The molecule has 92 valence electrons. The second-order valence-corrected chi connectivity index (χ2v) is 4.27. The number of aromatic nitrogens is 1. The van der Waals surface area contributed by atoms with Gasteiger partial charge in [-0.1, -0.05) is 12.1 Å². The summed E-state index contributed by atoms with van der Waals surface area (Å²) in [5.74, 6) is 0. The molecule has 1 aromatic carbocycles. The molecule has 0 N–H and O–H groups in total. The topological polar surface area (TPSA) is 30.2 Å². The second-order valence-electron chi connectivity index (χ2n) is 4.27. The van der Waals surface area contributed by atoms with Crippen LogP contribution in [0.1, 0.15) is 11.3 Å². The van der Waals surface area contributed by atoms with Crippen molar-refractivity contribution in [1.29, 1.82) is 0 Å². The van der Waals surface area contributed by atoms with E-state index in [0.29, 0.717) is 5.69 Å². The molecule has 2 rings (SSSR count). The standard InChI is InChI=1S/C15H16N2O/c1-16(2)14-9-6-13(7-10-14)8-11-15-5-3-4-12-17(15)18/h3-12H,1-2H3/b11-8+. The van der Waals surface area contributed by atoms with Gasteiger partial charge in [0.25, 0.3) is 0 Å². The Morgan fingerprint density at radius 3 is 2.33 bits per heavy atom. The molecule has 3 nitrogen and oxygen atoms in total. The fourth-order valence-corrected chi connectivity index (χ4v) is 1.64. The Balaban J connectivity index is 2.17. The van der Waals surface area contributed by atoms with Gasteiger partial charge in [-0.15, -0.1) is 0 Å². The first kappa shape index (κ1) is 12.2. The minimum absolute atomic E-state index is 0.634. The van der Waals surface area contributed by atoms with Gasteiger partial charge >= 0.3 is 0 Å². The van der Waals surface area contributed by atoms with Gasteiger partial charge in [-0.25, -0.2) is 0 Å². The van der Waals surface area contributed by atoms with Crippen LogP contribution in [0, 0.1) is 5.21 Å². The van der Waals surface area contributed by atoms with Gasteiger partial charge < -0.3 is 10.1 Å². The average molecular weight is 240 g/mol. The maximum atomic E-state index is 11.4. The van der Waals surface area contributed by atoms with Crippen molar-refractivity contribution in [2.75, 3.05) is 19.0 Å². The molecule has 0 unspecified atom stereocenters. The van der Waals surface area contributed by atoms with Gasteiger partial charge in [0.05, 0.1) is 0 Å². The summed E-state index contributed by atoms with van der Waals surface area (Å²) >= 11 is 0. The van der Waals surface area contributed by atoms with Crippen LogP contribution in [0.15, 0.2) is 48.7 Å². The van der Waals surface area contributed by atoms with E-state index >= 15 is 0 Å². The zero-order chi connectivity index (χ0) is 13.0. The van der Waals surface area contributed by atoms with Gasteiger partial charge in [-0.05, 0) is 29.8 Å². The number of benzene rings is 1. The highest BCUT2D eigenvalue weighted by molar-refractivity contribution is 5.68. The molecule has 0 fully saturated rings. The number of rotatable bonds is 3. The minimum Gasteiger partial charge on any atom is -0.618 e. The zero-order valence-electron chi connectivity index (χ0n) is 10.6. The third-order valence-electron chi connectivity index (χ3n) is 2.71. The Morgan fingerprint density at radius 2 is 1.72 bits per heavy atom. The van der Waals surface area contributed by atoms with E-state index < -0.39 is 0 Å². The Hall–Kier alpha value is -2.29. The second kappa shape index (κ2) is 5.36. The van der Waals surface area contributed by atoms with Crippen molar-refractivity contribution in [2.24, 2.45) is 0 Å². The molecule has 0 atom stereocenters. The molecular formula is C15H16N2O. The molecule has 0 aliphatic rings. The number of hydrogen-bond acceptors (Lipinski definition) is 2. The summed E-state index contributed by atoms with van der Waals surface area (Å²) in [4.78, 5) is 2.05. The predicted octanol–water partition coefficient (Wildman–Crippen LogP) is 2.56. The lowest BCUT2D eigenvalue weighted by Crippen LogP contribution is -2.28. The van der Waals surface area contributed by atoms with Crippen LogP contribution in [0.5, 0.6) is 0 Å². The lowest BCUT2D eigenvalue weighted by atomic mass is 10.1. The average Bonchev–Trinajstić information content (AvgIpc) is 2.38. The van der Waals surface area contributed by atoms with Crippen LogP contribution < -0.4 is 9.63 Å². The Kier molecular flexibility index (Phi) is 3.63. The fourth-order valence-electron chi connectivity index (χ4n) is 1.64. The summed E-state index contributed by atoms with van der Waals surface area (Å²) in [6.07, 6.45) is 5.25. The normalized spacial score (nSPS) is 10.8. The van der Waals surface area contributed by atoms with E-state index in [1.165, 1.54) is 6.20 Å². The van der Waals surface area contributed by atoms with Crippen molar-refractivity contribution in [2.45, 2.75) is 0 Å². The van der Waals surface area contributed by atoms with Crippen LogP contribution in [0.3, 0.4) is 0 Å². The summed E-state index contributed by atoms with van der Waals surface area (Å²) in [7, 11) is 4.02. The van der Waals surface area contributed by atoms with Gasteiger partial charge in [0, 0.05) is 38.0 Å². The summed E-state index contributed by atoms with van der Waals surface area (Å²) in [6.45, 7) is 0. The zero-order valence-corrected chi connectivity index (χ0v) is 10.6. The van der Waals surface area contributed by atoms with E-state index in [4.69, 9.17) is 0 Å². The summed E-state index contributed by atoms with van der Waals surface area (Å²) in [5.41, 5.74) is 2.87. The van der Waals surface area contributed by atoms with Crippen LogP contribution in [0.4, 0.5) is 5.69 Å². The van der Waals surface area contributed by atoms with Crippen molar-refractivity contribution >= 4 is 17.8 Å². The highest BCUT2D eigenvalue weighted by Gasteiger charge is 1.98. The number of hydrogen-bond donors (Lipinski definition) is 0. The van der Waals surface area contributed by atoms with Gasteiger partial charge in [0.2, 0.25) is 5.69 Å². The molecule has 0 aliphatic heterocycles. The van der Waals surface area contributed by atoms with Crippen molar-refractivity contribution < 1.29 is 4.73 Å². The third kappa shape index (κ3) is 2.88. The van der Waals surface area contributed by atoms with Crippen LogP contribution in [0.25, 0.3) is 12.2 Å². The Bertz CT molecular complexity index is 545. The minimum atomic E-state index is 0.634. The Morgan fingerprint density at radius 1 is 1.00 bits per heavy atom. The predicted molar refractivity (Wildman–Crippen MR) is 75.1 cm³/mol. The molecular weight excluding hydrogens is 224 g/mol. The number of anilines is 1. The van der Waals surface area contributed by atoms with Crippen LogP contribution in [-0.2, 0) is 0 Å². The maximum Gasteiger partial charge on any atom is 0.216 e. The quantitative estimate of drug-likeness (QED) is 0.609. The molecule has 0 spiro atoms. The van der Waals surface area contributed by atoms with E-state index in [9.17, 15) is 5.21 Å². The van der Waals surface area contributed by atoms with Crippen molar-refractivity contribution in [3.63, 3.8) is 0 Å². The SMILES string of the molecule is CN(C)c1ccc(/C=C/c2cccc[n+]2[O-])cc1. The van der Waals surface area contributed by atoms with Gasteiger partial charge in [0.15, 0.2) is 6.20 Å². The molecule has 18 heavy (non-hydrogen) atoms. The fraction of sp³-hybridized carbons (Fsp3) is 0.133. The van der Waals surface area contributed by atoms with E-state index in [2.05, 4.69) is 17.0 Å². The molecule has 0 radical (unpaired) electrons. The smallest absolute Gasteiger partial charge is 0.216 e. The van der Waals surface area contributed by atoms with Gasteiger partial charge in [-0.3, -0.25) is 0 Å². The van der Waals surface area contributed by atoms with Crippen molar-refractivity contribution in [3.05, 3.63) is 65.1 Å². The number of nitrogens with zero attached hydrogens (tertiary/aromatic N) is 2. The first-order valence-electron chi connectivity index (χ1n) is 5.80. The molecule has 0 saturated carbocycles. The summed E-state index contributed by atoms with van der Waals surface area (Å²) < 4.78 is 0.852. The first-order valence-corrected chi connectivity index (χ1v) is 5.80. The summed E-state index contributed by atoms with van der Waals surface area (Å²) in [5, 5.41) is 11.4. The van der Waals surface area contributed by atoms with Crippen LogP contribution in [-0.4, -0.2) is 14.1 Å². The highest BCUT2D eigenvalue weighted by atomic mass is 16.5. The molecule has 0 amide bonds. The van der Waals surface area contributed by atoms with E-state index in [-0.39, 0.29) is 0 Å². The maximum absolute atomic E-state index is 11.4. The molecule has 1 aromatic heterocycles. The molecule has 0 bridgehead atoms. The van der Waals surface area contributed by atoms with E-state index in [1.54, 1.807) is 12.1 Å². The van der Waals surface area contributed by atoms with Crippen LogP contribution >= 0.6 is 0 Å². The lowest BCUT2D eigenvalue weighted by molar-refractivity contribution is -0.607. The summed E-state index contributed by atoms with van der Waals surface area (Å²) in [6, 6.07) is 13.5. The first-order chi connectivity index (χ1) is 8.66. The van der Waals surface area contributed by atoms with Gasteiger partial charge in [0.1, 0.15) is 0 Å². The largest absolute Gasteiger partial charge is 0.618 e. The molecule has 2 aromatic rings. The lowest BCUT2D eigenvalue weighted by Gasteiger charge is -2.11. The van der Waals surface area contributed by atoms with Crippen molar-refractivity contribution in [3.8, 4) is 0 Å². The highest BCUT2D eigenvalue weighted by Crippen LogP contribution is 2.13. The van der Waals surface area contributed by atoms with E-state index in [0.717, 1.165) is 16.0 Å². The molecule has 1 heterocycles. The van der Waals surface area contributed by atoms with E-state index in [1.807, 2.05) is 44.4 Å². The van der Waals surface area contributed by atoms with Crippen molar-refractivity contribution in [1.82, 2.24) is 0 Å². The number of pyridine rings is 1. The van der Waals surface area contributed by atoms with Crippen LogP contribution in [0.2, 0.25) is 0 Å². The Labute approximate surface area is 107 Å².